The molecule has 0 aliphatic carbocycles. The molecule has 0 fully saturated rings. The number of hydrogen-bond donors (Lipinski definition) is 1. The summed E-state index contributed by atoms with van der Waals surface area (Å²) in [4.78, 5) is 15.0. The van der Waals surface area contributed by atoms with Crippen molar-refractivity contribution >= 4 is 11.7 Å². The van der Waals surface area contributed by atoms with Gasteiger partial charge in [0.25, 0.3) is 0 Å². The van der Waals surface area contributed by atoms with Gasteiger partial charge in [0.2, 0.25) is 0 Å². The number of carbonyl (C=O) groups is 1. The van der Waals surface area contributed by atoms with Crippen LogP contribution in [0.1, 0.15) is 48.6 Å². The highest BCUT2D eigenvalue weighted by molar-refractivity contribution is 5.89. The third kappa shape index (κ3) is 5.99. The van der Waals surface area contributed by atoms with Crippen molar-refractivity contribution in [3.05, 3.63) is 89.2 Å². The third-order valence-corrected chi connectivity index (χ3v) is 5.47. The number of rotatable bonds is 9. The van der Waals surface area contributed by atoms with E-state index in [1.54, 1.807) is 0 Å². The zero-order valence-corrected chi connectivity index (χ0v) is 18.4. The molecular formula is C26H33N3O. The lowest BCUT2D eigenvalue weighted by Crippen LogP contribution is -2.36. The van der Waals surface area contributed by atoms with Crippen LogP contribution in [0, 0.1) is 13.8 Å². The zero-order valence-electron chi connectivity index (χ0n) is 18.4. The zero-order chi connectivity index (χ0) is 21.3. The maximum atomic E-state index is 13.1. The number of anilines is 1. The summed E-state index contributed by atoms with van der Waals surface area (Å²) in [7, 11) is 0. The molecule has 30 heavy (non-hydrogen) atoms. The Morgan fingerprint density at radius 3 is 2.60 bits per heavy atom. The van der Waals surface area contributed by atoms with Gasteiger partial charge in [-0.3, -0.25) is 0 Å². The summed E-state index contributed by atoms with van der Waals surface area (Å²) in [5.74, 6) is 0. The second-order valence-electron chi connectivity index (χ2n) is 7.98. The molecule has 0 saturated carbocycles. The molecule has 2 amide bonds. The number of amides is 2. The van der Waals surface area contributed by atoms with E-state index in [9.17, 15) is 4.79 Å². The van der Waals surface area contributed by atoms with Crippen LogP contribution >= 0.6 is 0 Å². The fourth-order valence-electron chi connectivity index (χ4n) is 3.64. The molecule has 0 saturated heterocycles. The number of benzene rings is 2. The summed E-state index contributed by atoms with van der Waals surface area (Å²) in [6, 6.07) is 20.6. The first-order valence-corrected chi connectivity index (χ1v) is 10.9. The van der Waals surface area contributed by atoms with Crippen molar-refractivity contribution in [2.45, 2.75) is 53.1 Å². The van der Waals surface area contributed by atoms with E-state index in [1.807, 2.05) is 36.1 Å². The standard InChI is InChI=1S/C26H33N3O/c1-4-5-8-16-29(26(30)27-24-14-9-11-21(2)18-24)20-25-15-10-17-28(25)19-23-13-7-6-12-22(23)3/h6-7,9-15,17-18H,4-5,8,16,19-20H2,1-3H3,(H,27,30). The summed E-state index contributed by atoms with van der Waals surface area (Å²) < 4.78 is 2.25. The Hall–Kier alpha value is -3.01. The van der Waals surface area contributed by atoms with Crippen LogP contribution in [0.5, 0.6) is 0 Å². The number of nitrogens with zero attached hydrogens (tertiary/aromatic N) is 2. The molecule has 1 aromatic heterocycles. The van der Waals surface area contributed by atoms with E-state index in [4.69, 9.17) is 0 Å². The predicted molar refractivity (Wildman–Crippen MR) is 125 cm³/mol. The molecule has 0 bridgehead atoms. The number of urea groups is 1. The summed E-state index contributed by atoms with van der Waals surface area (Å²) in [6.07, 6.45) is 5.37. The lowest BCUT2D eigenvalue weighted by atomic mass is 10.1. The van der Waals surface area contributed by atoms with Gasteiger partial charge in [0.15, 0.2) is 0 Å². The highest BCUT2D eigenvalue weighted by Crippen LogP contribution is 2.16. The molecule has 2 aromatic carbocycles. The number of aromatic nitrogens is 1. The Kier molecular flexibility index (Phi) is 7.72. The Balaban J connectivity index is 1.74. The van der Waals surface area contributed by atoms with Gasteiger partial charge in [-0.2, -0.15) is 0 Å². The first-order chi connectivity index (χ1) is 14.6. The van der Waals surface area contributed by atoms with Crippen molar-refractivity contribution in [2.24, 2.45) is 0 Å². The first kappa shape index (κ1) is 21.7. The summed E-state index contributed by atoms with van der Waals surface area (Å²) >= 11 is 0. The molecule has 0 aliphatic rings. The largest absolute Gasteiger partial charge is 0.345 e. The molecule has 3 aromatic rings. The first-order valence-electron chi connectivity index (χ1n) is 10.9. The van der Waals surface area contributed by atoms with E-state index in [-0.39, 0.29) is 6.03 Å². The van der Waals surface area contributed by atoms with Gasteiger partial charge < -0.3 is 14.8 Å². The number of unbranched alkanes of at least 4 members (excludes halogenated alkanes) is 2. The Bertz CT molecular complexity index is 960. The highest BCUT2D eigenvalue weighted by Gasteiger charge is 2.16. The molecule has 3 rings (SSSR count). The Labute approximate surface area is 180 Å². The summed E-state index contributed by atoms with van der Waals surface area (Å²) in [6.45, 7) is 8.53. The van der Waals surface area contributed by atoms with Crippen LogP contribution in [0.3, 0.4) is 0 Å². The molecule has 0 aliphatic heterocycles. The van der Waals surface area contributed by atoms with Gasteiger partial charge in [0.1, 0.15) is 0 Å². The third-order valence-electron chi connectivity index (χ3n) is 5.47. The molecule has 4 heteroatoms. The van der Waals surface area contributed by atoms with E-state index >= 15 is 0 Å². The van der Waals surface area contributed by atoms with Gasteiger partial charge in [0, 0.05) is 30.7 Å². The number of aryl methyl sites for hydroxylation is 2. The topological polar surface area (TPSA) is 37.3 Å². The van der Waals surface area contributed by atoms with Gasteiger partial charge in [0.05, 0.1) is 6.54 Å². The summed E-state index contributed by atoms with van der Waals surface area (Å²) in [5, 5.41) is 3.08. The van der Waals surface area contributed by atoms with E-state index in [1.165, 1.54) is 11.1 Å². The van der Waals surface area contributed by atoms with Crippen molar-refractivity contribution in [1.82, 2.24) is 9.47 Å². The van der Waals surface area contributed by atoms with Gasteiger partial charge in [-0.05, 0) is 61.2 Å². The second kappa shape index (κ2) is 10.7. The highest BCUT2D eigenvalue weighted by atomic mass is 16.2. The molecule has 0 unspecified atom stereocenters. The maximum Gasteiger partial charge on any atom is 0.322 e. The quantitative estimate of drug-likeness (QED) is 0.414. The fraction of sp³-hybridized carbons (Fsp3) is 0.346. The van der Waals surface area contributed by atoms with E-state index in [0.717, 1.165) is 49.3 Å². The number of carbonyl (C=O) groups excluding carboxylic acids is 1. The van der Waals surface area contributed by atoms with Gasteiger partial charge in [-0.25, -0.2) is 4.79 Å². The molecule has 0 radical (unpaired) electrons. The predicted octanol–water partition coefficient (Wildman–Crippen LogP) is 6.38. The second-order valence-corrected chi connectivity index (χ2v) is 7.98. The van der Waals surface area contributed by atoms with Gasteiger partial charge in [-0.1, -0.05) is 56.2 Å². The van der Waals surface area contributed by atoms with Crippen LogP contribution in [-0.4, -0.2) is 22.0 Å². The average Bonchev–Trinajstić information content (AvgIpc) is 3.16. The SMILES string of the molecule is CCCCCN(Cc1cccn1Cc1ccccc1C)C(=O)Nc1cccc(C)c1. The maximum absolute atomic E-state index is 13.1. The number of hydrogen-bond acceptors (Lipinski definition) is 1. The Morgan fingerprint density at radius 2 is 1.83 bits per heavy atom. The van der Waals surface area contributed by atoms with Crippen LogP contribution in [0.4, 0.5) is 10.5 Å². The van der Waals surface area contributed by atoms with Gasteiger partial charge in [-0.15, -0.1) is 0 Å². The van der Waals surface area contributed by atoms with Crippen molar-refractivity contribution in [2.75, 3.05) is 11.9 Å². The Morgan fingerprint density at radius 1 is 1.00 bits per heavy atom. The lowest BCUT2D eigenvalue weighted by molar-refractivity contribution is 0.206. The molecule has 1 N–H and O–H groups in total. The molecule has 0 atom stereocenters. The minimum absolute atomic E-state index is 0.0413. The van der Waals surface area contributed by atoms with Crippen molar-refractivity contribution in [3.63, 3.8) is 0 Å². The monoisotopic (exact) mass is 403 g/mol. The van der Waals surface area contributed by atoms with E-state index < -0.39 is 0 Å². The van der Waals surface area contributed by atoms with Crippen LogP contribution in [0.15, 0.2) is 66.9 Å². The van der Waals surface area contributed by atoms with Crippen LogP contribution < -0.4 is 5.32 Å². The van der Waals surface area contributed by atoms with Crippen LogP contribution in [-0.2, 0) is 13.1 Å². The minimum atomic E-state index is -0.0413. The molecule has 158 valence electrons. The van der Waals surface area contributed by atoms with Crippen molar-refractivity contribution < 1.29 is 4.79 Å². The normalized spacial score (nSPS) is 10.8. The van der Waals surface area contributed by atoms with E-state index in [0.29, 0.717) is 6.54 Å². The van der Waals surface area contributed by atoms with Crippen molar-refractivity contribution in [1.29, 1.82) is 0 Å². The molecule has 0 spiro atoms. The number of nitrogens with one attached hydrogen (secondary N) is 1. The molecule has 4 nitrogen and oxygen atoms in total. The summed E-state index contributed by atoms with van der Waals surface area (Å²) in [5.41, 5.74) is 5.72. The average molecular weight is 404 g/mol. The smallest absolute Gasteiger partial charge is 0.322 e. The molecule has 1 heterocycles. The van der Waals surface area contributed by atoms with Gasteiger partial charge >= 0.3 is 6.03 Å². The van der Waals surface area contributed by atoms with Crippen LogP contribution in [0.25, 0.3) is 0 Å². The minimum Gasteiger partial charge on any atom is -0.345 e. The molecular weight excluding hydrogens is 370 g/mol. The fourth-order valence-corrected chi connectivity index (χ4v) is 3.64. The van der Waals surface area contributed by atoms with E-state index in [2.05, 4.69) is 66.3 Å². The van der Waals surface area contributed by atoms with Crippen LogP contribution in [0.2, 0.25) is 0 Å². The van der Waals surface area contributed by atoms with Crippen molar-refractivity contribution in [3.8, 4) is 0 Å². The lowest BCUT2D eigenvalue weighted by Gasteiger charge is -2.24.